The first kappa shape index (κ1) is 25.4. The number of allylic oxidation sites excluding steroid dienone is 1. The molecule has 10 nitrogen and oxygen atoms in total. The van der Waals surface area contributed by atoms with Gasteiger partial charge in [0.1, 0.15) is 0 Å². The van der Waals surface area contributed by atoms with E-state index in [0.29, 0.717) is 18.4 Å². The summed E-state index contributed by atoms with van der Waals surface area (Å²) in [5, 5.41) is 20.9. The van der Waals surface area contributed by atoms with Gasteiger partial charge in [0.15, 0.2) is 17.6 Å². The van der Waals surface area contributed by atoms with Crippen molar-refractivity contribution in [1.82, 2.24) is 10.8 Å². The molecule has 0 aliphatic carbocycles. The van der Waals surface area contributed by atoms with Crippen molar-refractivity contribution in [2.75, 3.05) is 14.2 Å². The lowest BCUT2D eigenvalue weighted by Crippen LogP contribution is -2.35. The number of alkyl carbamates (subject to hydrolysis) is 1. The lowest BCUT2D eigenvalue weighted by atomic mass is 9.99. The number of methoxy groups -OCH3 is 2. The summed E-state index contributed by atoms with van der Waals surface area (Å²) in [5.41, 5.74) is 2.17. The molecule has 0 heterocycles. The van der Waals surface area contributed by atoms with Crippen LogP contribution in [-0.4, -0.2) is 48.5 Å². The predicted molar refractivity (Wildman–Crippen MR) is 117 cm³/mol. The Bertz CT molecular complexity index is 978. The highest BCUT2D eigenvalue weighted by Crippen LogP contribution is 2.33. The number of phenols is 1. The van der Waals surface area contributed by atoms with Crippen LogP contribution in [-0.2, 0) is 14.3 Å². The van der Waals surface area contributed by atoms with Crippen molar-refractivity contribution in [3.8, 4) is 11.5 Å². The average molecular weight is 458 g/mol. The van der Waals surface area contributed by atoms with Gasteiger partial charge in [-0.3, -0.25) is 20.1 Å². The molecule has 0 radical (unpaired) electrons. The molecular weight excluding hydrogens is 432 g/mol. The molecule has 4 N–H and O–H groups in total. The van der Waals surface area contributed by atoms with Gasteiger partial charge in [-0.15, -0.1) is 0 Å². The minimum atomic E-state index is -1.00. The van der Waals surface area contributed by atoms with Crippen LogP contribution >= 0.6 is 0 Å². The molecule has 2 rings (SSSR count). The summed E-state index contributed by atoms with van der Waals surface area (Å²) in [6.45, 7) is 0. The van der Waals surface area contributed by atoms with Crippen LogP contribution in [0.1, 0.15) is 34.9 Å². The molecule has 0 fully saturated rings. The maximum absolute atomic E-state index is 12.5. The van der Waals surface area contributed by atoms with E-state index in [0.717, 1.165) is 6.08 Å². The Morgan fingerprint density at radius 2 is 1.82 bits per heavy atom. The van der Waals surface area contributed by atoms with Crippen molar-refractivity contribution in [2.45, 2.75) is 25.0 Å². The van der Waals surface area contributed by atoms with Crippen LogP contribution in [0.5, 0.6) is 11.5 Å². The average Bonchev–Trinajstić information content (AvgIpc) is 2.83. The van der Waals surface area contributed by atoms with Gasteiger partial charge >= 0.3 is 6.09 Å². The van der Waals surface area contributed by atoms with Crippen molar-refractivity contribution in [3.05, 3.63) is 71.8 Å². The second-order valence-corrected chi connectivity index (χ2v) is 6.81. The molecule has 0 bridgehead atoms. The van der Waals surface area contributed by atoms with E-state index in [4.69, 9.17) is 19.4 Å². The number of nitrogens with one attached hydrogen (secondary N) is 2. The fraction of sp³-hybridized carbons (Fsp3) is 0.261. The number of carbonyl (C=O) groups is 3. The molecule has 2 aromatic carbocycles. The summed E-state index contributed by atoms with van der Waals surface area (Å²) in [6, 6.07) is 12.6. The number of benzene rings is 2. The van der Waals surface area contributed by atoms with Crippen LogP contribution in [0.2, 0.25) is 0 Å². The van der Waals surface area contributed by atoms with Crippen molar-refractivity contribution in [2.24, 2.45) is 0 Å². The molecule has 0 saturated heterocycles. The Kier molecular flexibility index (Phi) is 9.87. The van der Waals surface area contributed by atoms with Crippen molar-refractivity contribution in [3.63, 3.8) is 0 Å². The van der Waals surface area contributed by atoms with Crippen molar-refractivity contribution < 1.29 is 38.9 Å². The van der Waals surface area contributed by atoms with Crippen LogP contribution in [0, 0.1) is 0 Å². The number of phenolic OH excluding ortho intramolecular Hbond substituents is 1. The second-order valence-electron chi connectivity index (χ2n) is 6.81. The first-order valence-corrected chi connectivity index (χ1v) is 9.96. The van der Waals surface area contributed by atoms with E-state index in [1.165, 1.54) is 37.9 Å². The summed E-state index contributed by atoms with van der Waals surface area (Å²) < 4.78 is 16.1. The molecule has 3 amide bonds. The number of imide groups is 1. The molecule has 2 atom stereocenters. The van der Waals surface area contributed by atoms with Crippen LogP contribution in [0.4, 0.5) is 4.79 Å². The topological polar surface area (TPSA) is 143 Å². The van der Waals surface area contributed by atoms with Gasteiger partial charge in [0.25, 0.3) is 11.8 Å². The molecule has 2 aromatic rings. The van der Waals surface area contributed by atoms with E-state index in [1.54, 1.807) is 36.4 Å². The monoisotopic (exact) mass is 458 g/mol. The zero-order valence-corrected chi connectivity index (χ0v) is 18.2. The van der Waals surface area contributed by atoms with Gasteiger partial charge in [-0.2, -0.15) is 0 Å². The zero-order chi connectivity index (χ0) is 24.2. The van der Waals surface area contributed by atoms with E-state index in [1.807, 2.05) is 0 Å². The molecule has 0 aliphatic rings. The van der Waals surface area contributed by atoms with Gasteiger partial charge in [0.2, 0.25) is 0 Å². The Hall–Kier alpha value is -3.89. The van der Waals surface area contributed by atoms with E-state index >= 15 is 0 Å². The number of hydrogen-bond acceptors (Lipinski definition) is 8. The molecule has 0 spiro atoms. The minimum absolute atomic E-state index is 0.168. The third-order valence-corrected chi connectivity index (χ3v) is 4.65. The van der Waals surface area contributed by atoms with Crippen molar-refractivity contribution >= 4 is 17.9 Å². The zero-order valence-electron chi connectivity index (χ0n) is 18.2. The first-order valence-electron chi connectivity index (χ1n) is 9.96. The van der Waals surface area contributed by atoms with Crippen LogP contribution < -0.4 is 15.5 Å². The van der Waals surface area contributed by atoms with Gasteiger partial charge in [-0.1, -0.05) is 30.3 Å². The summed E-state index contributed by atoms with van der Waals surface area (Å²) >= 11 is 0. The molecule has 33 heavy (non-hydrogen) atoms. The SMILES string of the molecule is COc1ccc([C@H](OC(=O)NC(=O)c2ccccc2)[C@H](CC/C=C/C(=O)NO)OC)cc1O. The Labute approximate surface area is 190 Å². The molecule has 0 unspecified atom stereocenters. The summed E-state index contributed by atoms with van der Waals surface area (Å²) in [6.07, 6.45) is 0.613. The highest BCUT2D eigenvalue weighted by molar-refractivity contribution is 6.02. The minimum Gasteiger partial charge on any atom is -0.504 e. The Morgan fingerprint density at radius 1 is 1.09 bits per heavy atom. The molecule has 0 aromatic heterocycles. The van der Waals surface area contributed by atoms with Gasteiger partial charge in [-0.25, -0.2) is 10.3 Å². The van der Waals surface area contributed by atoms with Crippen LogP contribution in [0.25, 0.3) is 0 Å². The summed E-state index contributed by atoms with van der Waals surface area (Å²) in [5.74, 6) is -1.26. The van der Waals surface area contributed by atoms with Crippen LogP contribution in [0.3, 0.4) is 0 Å². The summed E-state index contributed by atoms with van der Waals surface area (Å²) in [4.78, 5) is 35.9. The Morgan fingerprint density at radius 3 is 2.42 bits per heavy atom. The number of rotatable bonds is 10. The Balaban J connectivity index is 2.20. The number of ether oxygens (including phenoxy) is 3. The maximum atomic E-state index is 12.5. The van der Waals surface area contributed by atoms with E-state index in [9.17, 15) is 19.5 Å². The maximum Gasteiger partial charge on any atom is 0.414 e. The lowest BCUT2D eigenvalue weighted by molar-refractivity contribution is -0.124. The third kappa shape index (κ3) is 7.63. The van der Waals surface area contributed by atoms with Gasteiger partial charge in [-0.05, 0) is 42.7 Å². The predicted octanol–water partition coefficient (Wildman–Crippen LogP) is 2.87. The first-order chi connectivity index (χ1) is 15.9. The molecular formula is C23H26N2O8. The summed E-state index contributed by atoms with van der Waals surface area (Å²) in [7, 11) is 2.82. The lowest BCUT2D eigenvalue weighted by Gasteiger charge is -2.26. The number of carbonyl (C=O) groups excluding carboxylic acids is 3. The number of amides is 3. The molecule has 10 heteroatoms. The fourth-order valence-electron chi connectivity index (χ4n) is 3.02. The van der Waals surface area contributed by atoms with E-state index in [-0.39, 0.29) is 17.1 Å². The third-order valence-electron chi connectivity index (χ3n) is 4.65. The van der Waals surface area contributed by atoms with E-state index < -0.39 is 30.1 Å². The highest BCUT2D eigenvalue weighted by atomic mass is 16.6. The number of hydrogen-bond donors (Lipinski definition) is 4. The van der Waals surface area contributed by atoms with Gasteiger partial charge in [0, 0.05) is 18.7 Å². The van der Waals surface area contributed by atoms with Gasteiger partial charge < -0.3 is 19.3 Å². The highest BCUT2D eigenvalue weighted by Gasteiger charge is 2.28. The normalized spacial score (nSPS) is 12.6. The molecule has 0 aliphatic heterocycles. The number of aromatic hydroxyl groups is 1. The fourth-order valence-corrected chi connectivity index (χ4v) is 3.02. The smallest absolute Gasteiger partial charge is 0.414 e. The second kappa shape index (κ2) is 12.8. The molecule has 176 valence electrons. The number of hydroxylamine groups is 1. The van der Waals surface area contributed by atoms with Crippen molar-refractivity contribution in [1.29, 1.82) is 0 Å². The largest absolute Gasteiger partial charge is 0.504 e. The van der Waals surface area contributed by atoms with Gasteiger partial charge in [0.05, 0.1) is 13.2 Å². The van der Waals surface area contributed by atoms with E-state index in [2.05, 4.69) is 5.32 Å². The standard InChI is InChI=1S/C23H26N2O8/c1-31-18-13-12-16(14-17(18)26)21(19(32-2)10-6-7-11-20(27)25-30)33-23(29)24-22(28)15-8-4-3-5-9-15/h3-5,7-9,11-14,19,21,26,30H,6,10H2,1-2H3,(H,25,27)(H,24,28,29)/b11-7+/t19-,21-/m0/s1. The molecule has 0 saturated carbocycles. The quantitative estimate of drug-likeness (QED) is 0.242. The van der Waals surface area contributed by atoms with Crippen LogP contribution in [0.15, 0.2) is 60.7 Å².